The van der Waals surface area contributed by atoms with Crippen LogP contribution in [0.1, 0.15) is 12.6 Å². The summed E-state index contributed by atoms with van der Waals surface area (Å²) < 4.78 is 7.05. The molecule has 0 saturated heterocycles. The molecule has 2 heterocycles. The Morgan fingerprint density at radius 3 is 2.65 bits per heavy atom. The van der Waals surface area contributed by atoms with Gasteiger partial charge in [-0.15, -0.1) is 21.5 Å². The van der Waals surface area contributed by atoms with Crippen molar-refractivity contribution in [2.45, 2.75) is 24.3 Å². The van der Waals surface area contributed by atoms with Gasteiger partial charge in [-0.2, -0.15) is 0 Å². The van der Waals surface area contributed by atoms with Gasteiger partial charge in [0.15, 0.2) is 16.1 Å². The van der Waals surface area contributed by atoms with E-state index < -0.39 is 0 Å². The molecule has 3 rings (SSSR count). The van der Waals surface area contributed by atoms with Gasteiger partial charge < -0.3 is 14.6 Å². The number of benzene rings is 1. The van der Waals surface area contributed by atoms with Gasteiger partial charge in [0.25, 0.3) is 0 Å². The monoisotopic (exact) mass is 389 g/mol. The molecule has 1 amide bonds. The molecule has 1 N–H and O–H groups in total. The molecule has 1 unspecified atom stereocenters. The molecule has 1 atom stereocenters. The first-order valence-corrected chi connectivity index (χ1v) is 9.67. The molecule has 3 aromatic rings. The number of rotatable bonds is 6. The lowest BCUT2D eigenvalue weighted by atomic mass is 10.2. The molecular weight excluding hydrogens is 370 g/mol. The maximum Gasteiger partial charge on any atom is 0.239 e. The number of aryl methyl sites for hydroxylation is 1. The van der Waals surface area contributed by atoms with Crippen molar-refractivity contribution < 1.29 is 9.53 Å². The van der Waals surface area contributed by atoms with Gasteiger partial charge in [0, 0.05) is 18.0 Å². The van der Waals surface area contributed by atoms with E-state index in [0.29, 0.717) is 10.3 Å². The maximum atomic E-state index is 12.3. The molecule has 0 aliphatic rings. The fourth-order valence-electron chi connectivity index (χ4n) is 2.24. The van der Waals surface area contributed by atoms with Crippen molar-refractivity contribution in [2.24, 2.45) is 7.05 Å². The van der Waals surface area contributed by atoms with E-state index >= 15 is 0 Å². The molecule has 0 fully saturated rings. The van der Waals surface area contributed by atoms with Gasteiger partial charge in [-0.05, 0) is 38.1 Å². The average Bonchev–Trinajstić information content (AvgIpc) is 3.21. The van der Waals surface area contributed by atoms with Gasteiger partial charge in [-0.1, -0.05) is 11.8 Å². The lowest BCUT2D eigenvalue weighted by molar-refractivity contribution is -0.115. The van der Waals surface area contributed by atoms with Crippen LogP contribution in [0.2, 0.25) is 0 Å². The topological polar surface area (TPSA) is 81.9 Å². The summed E-state index contributed by atoms with van der Waals surface area (Å²) in [6.45, 7) is 3.73. The Morgan fingerprint density at radius 2 is 2.04 bits per heavy atom. The van der Waals surface area contributed by atoms with Gasteiger partial charge in [0.05, 0.1) is 18.1 Å². The predicted octanol–water partition coefficient (Wildman–Crippen LogP) is 3.37. The highest BCUT2D eigenvalue weighted by Crippen LogP contribution is 2.27. The summed E-state index contributed by atoms with van der Waals surface area (Å²) in [5.74, 6) is 1.41. The van der Waals surface area contributed by atoms with Gasteiger partial charge in [0.1, 0.15) is 5.75 Å². The summed E-state index contributed by atoms with van der Waals surface area (Å²) in [5.41, 5.74) is 1.83. The number of ether oxygens (including phenoxy) is 1. The van der Waals surface area contributed by atoms with Crippen LogP contribution in [0.25, 0.3) is 11.4 Å². The zero-order chi connectivity index (χ0) is 18.7. The van der Waals surface area contributed by atoms with E-state index in [1.165, 1.54) is 23.1 Å². The van der Waals surface area contributed by atoms with E-state index in [9.17, 15) is 4.79 Å². The number of methoxy groups -OCH3 is 1. The van der Waals surface area contributed by atoms with Crippen molar-refractivity contribution >= 4 is 34.1 Å². The fraction of sp³-hybridized carbons (Fsp3) is 0.294. The molecule has 0 aliphatic carbocycles. The molecule has 26 heavy (non-hydrogen) atoms. The molecule has 0 bridgehead atoms. The van der Waals surface area contributed by atoms with Crippen molar-refractivity contribution in [3.63, 3.8) is 0 Å². The first kappa shape index (κ1) is 18.4. The molecule has 0 aliphatic heterocycles. The zero-order valence-corrected chi connectivity index (χ0v) is 16.5. The van der Waals surface area contributed by atoms with Crippen LogP contribution in [0.3, 0.4) is 0 Å². The Labute approximate surface area is 159 Å². The number of aromatic nitrogens is 4. The van der Waals surface area contributed by atoms with Crippen molar-refractivity contribution in [1.29, 1.82) is 0 Å². The summed E-state index contributed by atoms with van der Waals surface area (Å²) in [6.07, 6.45) is 0. The number of hydrogen-bond acceptors (Lipinski definition) is 7. The van der Waals surface area contributed by atoms with E-state index in [0.717, 1.165) is 22.8 Å². The summed E-state index contributed by atoms with van der Waals surface area (Å²) in [6, 6.07) is 7.61. The number of thiazole rings is 1. The standard InChI is InChI=1S/C17H19N5O2S2/c1-10-9-25-16(18-10)19-15(23)11(2)26-17-21-20-14(22(17)3)12-5-7-13(24-4)8-6-12/h5-9,11H,1-4H3,(H,18,19,23). The molecule has 0 spiro atoms. The van der Waals surface area contributed by atoms with E-state index in [4.69, 9.17) is 4.74 Å². The molecule has 0 saturated carbocycles. The lowest BCUT2D eigenvalue weighted by Gasteiger charge is -2.10. The normalized spacial score (nSPS) is 12.0. The number of thioether (sulfide) groups is 1. The highest BCUT2D eigenvalue weighted by atomic mass is 32.2. The van der Waals surface area contributed by atoms with Crippen molar-refractivity contribution in [3.8, 4) is 17.1 Å². The van der Waals surface area contributed by atoms with Crippen LogP contribution in [0, 0.1) is 6.92 Å². The van der Waals surface area contributed by atoms with Crippen LogP contribution in [-0.4, -0.2) is 38.0 Å². The number of anilines is 1. The predicted molar refractivity (Wildman–Crippen MR) is 104 cm³/mol. The molecule has 0 radical (unpaired) electrons. The third-order valence-corrected chi connectivity index (χ3v) is 5.69. The van der Waals surface area contributed by atoms with Crippen LogP contribution in [0.4, 0.5) is 5.13 Å². The molecule has 1 aromatic carbocycles. The summed E-state index contributed by atoms with van der Waals surface area (Å²) in [7, 11) is 3.52. The zero-order valence-electron chi connectivity index (χ0n) is 14.9. The van der Waals surface area contributed by atoms with Gasteiger partial charge in [0.2, 0.25) is 5.91 Å². The van der Waals surface area contributed by atoms with Crippen molar-refractivity contribution in [2.75, 3.05) is 12.4 Å². The number of nitrogens with one attached hydrogen (secondary N) is 1. The highest BCUT2D eigenvalue weighted by molar-refractivity contribution is 8.00. The highest BCUT2D eigenvalue weighted by Gasteiger charge is 2.20. The lowest BCUT2D eigenvalue weighted by Crippen LogP contribution is -2.22. The fourth-order valence-corrected chi connectivity index (χ4v) is 3.74. The Hall–Kier alpha value is -2.39. The smallest absolute Gasteiger partial charge is 0.239 e. The average molecular weight is 390 g/mol. The molecular formula is C17H19N5O2S2. The van der Waals surface area contributed by atoms with E-state index in [1.807, 2.05) is 55.1 Å². The van der Waals surface area contributed by atoms with Crippen LogP contribution in [-0.2, 0) is 11.8 Å². The van der Waals surface area contributed by atoms with E-state index in [1.54, 1.807) is 7.11 Å². The Kier molecular flexibility index (Phi) is 5.58. The minimum atomic E-state index is -0.328. The second-order valence-electron chi connectivity index (χ2n) is 5.64. The van der Waals surface area contributed by atoms with Crippen LogP contribution < -0.4 is 10.1 Å². The van der Waals surface area contributed by atoms with E-state index in [2.05, 4.69) is 20.5 Å². The molecule has 136 valence electrons. The molecule has 2 aromatic heterocycles. The van der Waals surface area contributed by atoms with Gasteiger partial charge >= 0.3 is 0 Å². The molecule has 7 nitrogen and oxygen atoms in total. The second kappa shape index (κ2) is 7.88. The summed E-state index contributed by atoms with van der Waals surface area (Å²) in [5, 5.41) is 14.2. The third kappa shape index (κ3) is 4.05. The van der Waals surface area contributed by atoms with E-state index in [-0.39, 0.29) is 11.2 Å². The number of carbonyl (C=O) groups excluding carboxylic acids is 1. The Morgan fingerprint density at radius 1 is 1.31 bits per heavy atom. The van der Waals surface area contributed by atoms with Gasteiger partial charge in [-0.25, -0.2) is 4.98 Å². The maximum absolute atomic E-state index is 12.3. The first-order chi connectivity index (χ1) is 12.5. The number of hydrogen-bond donors (Lipinski definition) is 1. The summed E-state index contributed by atoms with van der Waals surface area (Å²) in [4.78, 5) is 16.6. The Balaban J connectivity index is 1.69. The largest absolute Gasteiger partial charge is 0.497 e. The van der Waals surface area contributed by atoms with Crippen LogP contribution in [0.15, 0.2) is 34.8 Å². The third-order valence-electron chi connectivity index (χ3n) is 3.68. The van der Waals surface area contributed by atoms with Gasteiger partial charge in [-0.3, -0.25) is 4.79 Å². The second-order valence-corrected chi connectivity index (χ2v) is 7.80. The van der Waals surface area contributed by atoms with Crippen molar-refractivity contribution in [1.82, 2.24) is 19.7 Å². The minimum Gasteiger partial charge on any atom is -0.497 e. The number of carbonyl (C=O) groups is 1. The first-order valence-electron chi connectivity index (χ1n) is 7.91. The number of nitrogens with zero attached hydrogens (tertiary/aromatic N) is 4. The SMILES string of the molecule is COc1ccc(-c2nnc(SC(C)C(=O)Nc3nc(C)cs3)n2C)cc1. The van der Waals surface area contributed by atoms with Crippen molar-refractivity contribution in [3.05, 3.63) is 35.3 Å². The summed E-state index contributed by atoms with van der Waals surface area (Å²) >= 11 is 2.77. The number of amides is 1. The van der Waals surface area contributed by atoms with Crippen LogP contribution in [0.5, 0.6) is 5.75 Å². The van der Waals surface area contributed by atoms with Crippen LogP contribution >= 0.6 is 23.1 Å². The Bertz CT molecular complexity index is 904. The quantitative estimate of drug-likeness (QED) is 0.651. The minimum absolute atomic E-state index is 0.113. The molecule has 9 heteroatoms.